The first-order valence-corrected chi connectivity index (χ1v) is 7.75. The summed E-state index contributed by atoms with van der Waals surface area (Å²) in [5, 5.41) is 3.65. The molecule has 0 amide bonds. The molecule has 0 bridgehead atoms. The molecular formula is C18H32N2. The van der Waals surface area contributed by atoms with Gasteiger partial charge in [0.05, 0.1) is 0 Å². The second-order valence-electron chi connectivity index (χ2n) is 6.76. The van der Waals surface area contributed by atoms with Gasteiger partial charge < -0.3 is 10.2 Å². The maximum atomic E-state index is 3.65. The van der Waals surface area contributed by atoms with Crippen LogP contribution in [-0.4, -0.2) is 31.6 Å². The Hall–Kier alpha value is -0.860. The van der Waals surface area contributed by atoms with Gasteiger partial charge in [-0.1, -0.05) is 31.5 Å². The van der Waals surface area contributed by atoms with Gasteiger partial charge in [0.1, 0.15) is 0 Å². The molecule has 2 nitrogen and oxygen atoms in total. The van der Waals surface area contributed by atoms with E-state index in [1.165, 1.54) is 28.7 Å². The van der Waals surface area contributed by atoms with E-state index in [4.69, 9.17) is 0 Å². The second kappa shape index (κ2) is 7.80. The third-order valence-electron chi connectivity index (χ3n) is 4.00. The van der Waals surface area contributed by atoms with Crippen molar-refractivity contribution in [2.45, 2.75) is 53.6 Å². The van der Waals surface area contributed by atoms with Crippen LogP contribution in [0.3, 0.4) is 0 Å². The third-order valence-corrected chi connectivity index (χ3v) is 4.00. The maximum Gasteiger partial charge on any atom is 0.0217 e. The molecule has 0 aliphatic carbocycles. The summed E-state index contributed by atoms with van der Waals surface area (Å²) < 4.78 is 0. The Morgan fingerprint density at radius 3 is 2.05 bits per heavy atom. The van der Waals surface area contributed by atoms with Crippen LogP contribution < -0.4 is 5.32 Å². The van der Waals surface area contributed by atoms with Gasteiger partial charge in [0, 0.05) is 19.1 Å². The molecule has 1 rings (SSSR count). The highest BCUT2D eigenvalue weighted by atomic mass is 15.1. The van der Waals surface area contributed by atoms with Crippen LogP contribution in [0, 0.1) is 26.7 Å². The maximum absolute atomic E-state index is 3.65. The lowest BCUT2D eigenvalue weighted by molar-refractivity contribution is 0.246. The largest absolute Gasteiger partial charge is 0.311 e. The van der Waals surface area contributed by atoms with E-state index in [2.05, 4.69) is 71.1 Å². The van der Waals surface area contributed by atoms with Crippen LogP contribution in [0.25, 0.3) is 0 Å². The molecule has 0 aromatic heterocycles. The molecule has 1 N–H and O–H groups in total. The average Bonchev–Trinajstić information content (AvgIpc) is 2.30. The fourth-order valence-electron chi connectivity index (χ4n) is 2.87. The van der Waals surface area contributed by atoms with Gasteiger partial charge in [0.15, 0.2) is 0 Å². The van der Waals surface area contributed by atoms with Crippen LogP contribution in [0.4, 0.5) is 0 Å². The van der Waals surface area contributed by atoms with Gasteiger partial charge in [-0.25, -0.2) is 0 Å². The lowest BCUT2D eigenvalue weighted by Crippen LogP contribution is -2.38. The lowest BCUT2D eigenvalue weighted by Gasteiger charge is -2.26. The van der Waals surface area contributed by atoms with Crippen LogP contribution >= 0.6 is 0 Å². The van der Waals surface area contributed by atoms with Crippen molar-refractivity contribution in [1.29, 1.82) is 0 Å². The molecule has 1 unspecified atom stereocenters. The van der Waals surface area contributed by atoms with Gasteiger partial charge in [-0.05, 0) is 63.9 Å². The van der Waals surface area contributed by atoms with Gasteiger partial charge >= 0.3 is 0 Å². The predicted octanol–water partition coefficient (Wildman–Crippen LogP) is 3.68. The number of likely N-dealkylation sites (N-methyl/N-ethyl adjacent to an activating group) is 1. The summed E-state index contributed by atoms with van der Waals surface area (Å²) >= 11 is 0. The van der Waals surface area contributed by atoms with Crippen molar-refractivity contribution in [2.75, 3.05) is 20.6 Å². The van der Waals surface area contributed by atoms with Crippen molar-refractivity contribution < 1.29 is 0 Å². The topological polar surface area (TPSA) is 15.3 Å². The fourth-order valence-corrected chi connectivity index (χ4v) is 2.87. The third kappa shape index (κ3) is 5.26. The number of aryl methyl sites for hydroxylation is 3. The predicted molar refractivity (Wildman–Crippen MR) is 89.3 cm³/mol. The molecule has 1 atom stereocenters. The zero-order chi connectivity index (χ0) is 15.3. The second-order valence-corrected chi connectivity index (χ2v) is 6.76. The van der Waals surface area contributed by atoms with Crippen LogP contribution in [0.1, 0.15) is 42.5 Å². The standard InChI is InChI=1S/C18H32N2/c1-13(2)8-17(20(6)7)11-19-12-18-15(4)9-14(3)10-16(18)5/h9-10,13,17,19H,8,11-12H2,1-7H3. The Morgan fingerprint density at radius 2 is 1.60 bits per heavy atom. The highest BCUT2D eigenvalue weighted by Crippen LogP contribution is 2.16. The smallest absolute Gasteiger partial charge is 0.0217 e. The van der Waals surface area contributed by atoms with Gasteiger partial charge in [-0.3, -0.25) is 0 Å². The summed E-state index contributed by atoms with van der Waals surface area (Å²) in [4.78, 5) is 2.34. The van der Waals surface area contributed by atoms with E-state index in [9.17, 15) is 0 Å². The van der Waals surface area contributed by atoms with Crippen LogP contribution in [0.15, 0.2) is 12.1 Å². The molecule has 20 heavy (non-hydrogen) atoms. The molecule has 0 heterocycles. The minimum atomic E-state index is 0.612. The van der Waals surface area contributed by atoms with Crippen molar-refractivity contribution in [3.05, 3.63) is 34.4 Å². The number of hydrogen-bond acceptors (Lipinski definition) is 2. The first-order chi connectivity index (χ1) is 9.31. The van der Waals surface area contributed by atoms with Crippen molar-refractivity contribution in [3.63, 3.8) is 0 Å². The molecule has 0 radical (unpaired) electrons. The monoisotopic (exact) mass is 276 g/mol. The first-order valence-electron chi connectivity index (χ1n) is 7.75. The van der Waals surface area contributed by atoms with Gasteiger partial charge in [0.2, 0.25) is 0 Å². The molecule has 2 heteroatoms. The summed E-state index contributed by atoms with van der Waals surface area (Å²) in [5.74, 6) is 0.743. The quantitative estimate of drug-likeness (QED) is 0.817. The zero-order valence-corrected chi connectivity index (χ0v) is 14.4. The summed E-state index contributed by atoms with van der Waals surface area (Å²) in [5.41, 5.74) is 5.62. The minimum absolute atomic E-state index is 0.612. The van der Waals surface area contributed by atoms with Crippen LogP contribution in [0.5, 0.6) is 0 Å². The summed E-state index contributed by atoms with van der Waals surface area (Å²) in [6.45, 7) is 13.2. The SMILES string of the molecule is Cc1cc(C)c(CNCC(CC(C)C)N(C)C)c(C)c1. The van der Waals surface area contributed by atoms with E-state index in [1.807, 2.05) is 0 Å². The van der Waals surface area contributed by atoms with Crippen LogP contribution in [-0.2, 0) is 6.54 Å². The Balaban J connectivity index is 2.59. The molecule has 0 fully saturated rings. The normalized spacial score (nSPS) is 13.2. The molecule has 1 aromatic carbocycles. The Kier molecular flexibility index (Phi) is 6.70. The van der Waals surface area contributed by atoms with E-state index in [0.29, 0.717) is 6.04 Å². The Bertz CT molecular complexity index is 398. The highest BCUT2D eigenvalue weighted by Gasteiger charge is 2.13. The lowest BCUT2D eigenvalue weighted by atomic mass is 9.99. The van der Waals surface area contributed by atoms with E-state index >= 15 is 0 Å². The van der Waals surface area contributed by atoms with Gasteiger partial charge in [-0.2, -0.15) is 0 Å². The van der Waals surface area contributed by atoms with Crippen molar-refractivity contribution in [2.24, 2.45) is 5.92 Å². The Morgan fingerprint density at radius 1 is 1.05 bits per heavy atom. The van der Waals surface area contributed by atoms with Crippen LogP contribution in [0.2, 0.25) is 0 Å². The van der Waals surface area contributed by atoms with Gasteiger partial charge in [-0.15, -0.1) is 0 Å². The highest BCUT2D eigenvalue weighted by molar-refractivity contribution is 5.37. The van der Waals surface area contributed by atoms with E-state index < -0.39 is 0 Å². The number of nitrogens with zero attached hydrogens (tertiary/aromatic N) is 1. The molecule has 0 aliphatic rings. The average molecular weight is 276 g/mol. The summed E-state index contributed by atoms with van der Waals surface area (Å²) in [6.07, 6.45) is 1.24. The fraction of sp³-hybridized carbons (Fsp3) is 0.667. The molecule has 1 aromatic rings. The number of rotatable bonds is 7. The molecule has 0 aliphatic heterocycles. The minimum Gasteiger partial charge on any atom is -0.311 e. The molecular weight excluding hydrogens is 244 g/mol. The van der Waals surface area contributed by atoms with Gasteiger partial charge in [0.25, 0.3) is 0 Å². The number of benzene rings is 1. The van der Waals surface area contributed by atoms with E-state index in [-0.39, 0.29) is 0 Å². The number of nitrogens with one attached hydrogen (secondary N) is 1. The van der Waals surface area contributed by atoms with Crippen molar-refractivity contribution in [1.82, 2.24) is 10.2 Å². The zero-order valence-electron chi connectivity index (χ0n) is 14.4. The van der Waals surface area contributed by atoms with E-state index in [0.717, 1.165) is 19.0 Å². The van der Waals surface area contributed by atoms with Crippen molar-refractivity contribution in [3.8, 4) is 0 Å². The Labute approximate surface area is 125 Å². The molecule has 0 spiro atoms. The molecule has 114 valence electrons. The first kappa shape index (κ1) is 17.2. The summed E-state index contributed by atoms with van der Waals surface area (Å²) in [6, 6.07) is 5.17. The van der Waals surface area contributed by atoms with E-state index in [1.54, 1.807) is 0 Å². The number of hydrogen-bond donors (Lipinski definition) is 1. The molecule has 0 saturated carbocycles. The van der Waals surface area contributed by atoms with Crippen molar-refractivity contribution >= 4 is 0 Å². The summed E-state index contributed by atoms with van der Waals surface area (Å²) in [7, 11) is 4.36. The molecule has 0 saturated heterocycles.